The molecule has 2 unspecified atom stereocenters. The predicted octanol–water partition coefficient (Wildman–Crippen LogP) is 5.45. The van der Waals surface area contributed by atoms with Gasteiger partial charge in [0.05, 0.1) is 40.0 Å². The van der Waals surface area contributed by atoms with Gasteiger partial charge in [0.25, 0.3) is 0 Å². The van der Waals surface area contributed by atoms with Crippen molar-refractivity contribution in [3.05, 3.63) is 82.4 Å². The summed E-state index contributed by atoms with van der Waals surface area (Å²) in [4.78, 5) is 15.7. The van der Waals surface area contributed by atoms with E-state index in [-0.39, 0.29) is 24.1 Å². The van der Waals surface area contributed by atoms with Crippen LogP contribution in [-0.4, -0.2) is 51.3 Å². The van der Waals surface area contributed by atoms with E-state index < -0.39 is 0 Å². The lowest BCUT2D eigenvalue weighted by Gasteiger charge is -2.38. The molecule has 3 aromatic carbocycles. The Morgan fingerprint density at radius 1 is 0.875 bits per heavy atom. The molecule has 212 valence electrons. The standard InChI is InChI=1S/C33H40N2O5/c1-21(2)40-32-19-26-24(18-31(32)39-5)14-15-35(28(26)16-22-10-13-29(37-3)30(17-22)38-4)20-33(36)34-27-12-11-23-8-6-7-9-25(23)27/h6-10,13,17-19,21,27-28H,11-12,14-16,20H2,1-5H3,(H,34,36). The lowest BCUT2D eigenvalue weighted by Crippen LogP contribution is -2.44. The van der Waals surface area contributed by atoms with Crippen molar-refractivity contribution in [2.24, 2.45) is 0 Å². The number of hydrogen-bond acceptors (Lipinski definition) is 6. The van der Waals surface area contributed by atoms with E-state index in [0.29, 0.717) is 24.5 Å². The van der Waals surface area contributed by atoms with Gasteiger partial charge in [-0.05, 0) is 91.6 Å². The largest absolute Gasteiger partial charge is 0.493 e. The van der Waals surface area contributed by atoms with Gasteiger partial charge >= 0.3 is 0 Å². The third-order valence-electron chi connectivity index (χ3n) is 7.95. The van der Waals surface area contributed by atoms with Crippen LogP contribution < -0.4 is 24.3 Å². The van der Waals surface area contributed by atoms with E-state index in [0.717, 1.165) is 48.4 Å². The number of nitrogens with one attached hydrogen (secondary N) is 1. The van der Waals surface area contributed by atoms with Gasteiger partial charge in [-0.15, -0.1) is 0 Å². The summed E-state index contributed by atoms with van der Waals surface area (Å²) in [6.07, 6.45) is 3.49. The van der Waals surface area contributed by atoms with E-state index in [9.17, 15) is 4.79 Å². The summed E-state index contributed by atoms with van der Waals surface area (Å²) < 4.78 is 22.9. The first kappa shape index (κ1) is 27.8. The van der Waals surface area contributed by atoms with Gasteiger partial charge in [0.15, 0.2) is 23.0 Å². The van der Waals surface area contributed by atoms with Crippen LogP contribution in [0.3, 0.4) is 0 Å². The van der Waals surface area contributed by atoms with E-state index in [1.54, 1.807) is 21.3 Å². The average Bonchev–Trinajstić information content (AvgIpc) is 3.36. The van der Waals surface area contributed by atoms with Crippen LogP contribution in [0.1, 0.15) is 60.2 Å². The van der Waals surface area contributed by atoms with Gasteiger partial charge in [-0.2, -0.15) is 0 Å². The van der Waals surface area contributed by atoms with Crippen molar-refractivity contribution in [1.82, 2.24) is 10.2 Å². The van der Waals surface area contributed by atoms with Crippen LogP contribution in [0.2, 0.25) is 0 Å². The Balaban J connectivity index is 1.44. The Morgan fingerprint density at radius 2 is 1.62 bits per heavy atom. The van der Waals surface area contributed by atoms with Crippen LogP contribution in [0.4, 0.5) is 0 Å². The predicted molar refractivity (Wildman–Crippen MR) is 156 cm³/mol. The number of methoxy groups -OCH3 is 3. The number of carbonyl (C=O) groups is 1. The van der Waals surface area contributed by atoms with Crippen molar-refractivity contribution in [3.8, 4) is 23.0 Å². The Morgan fingerprint density at radius 3 is 2.38 bits per heavy atom. The lowest BCUT2D eigenvalue weighted by molar-refractivity contribution is -0.123. The second-order valence-electron chi connectivity index (χ2n) is 10.9. The first-order chi connectivity index (χ1) is 19.4. The zero-order valence-corrected chi connectivity index (χ0v) is 24.2. The molecule has 40 heavy (non-hydrogen) atoms. The zero-order chi connectivity index (χ0) is 28.2. The highest BCUT2D eigenvalue weighted by atomic mass is 16.5. The fourth-order valence-electron chi connectivity index (χ4n) is 6.06. The van der Waals surface area contributed by atoms with Crippen LogP contribution in [0, 0.1) is 0 Å². The summed E-state index contributed by atoms with van der Waals surface area (Å²) in [6, 6.07) is 18.7. The summed E-state index contributed by atoms with van der Waals surface area (Å²) in [5.41, 5.74) is 6.06. The summed E-state index contributed by atoms with van der Waals surface area (Å²) in [6.45, 7) is 5.12. The highest BCUT2D eigenvalue weighted by Crippen LogP contribution is 2.41. The molecular formula is C33H40N2O5. The minimum absolute atomic E-state index is 0.0102. The molecule has 2 aliphatic rings. The SMILES string of the molecule is COc1ccc(CC2c3cc(OC(C)C)c(OC)cc3CCN2CC(=O)NC2CCc3ccccc32)cc1OC. The number of carbonyl (C=O) groups excluding carboxylic acids is 1. The minimum atomic E-state index is -0.0242. The van der Waals surface area contributed by atoms with Crippen molar-refractivity contribution >= 4 is 5.91 Å². The van der Waals surface area contributed by atoms with Crippen molar-refractivity contribution < 1.29 is 23.7 Å². The highest BCUT2D eigenvalue weighted by Gasteiger charge is 2.32. The van der Waals surface area contributed by atoms with Crippen LogP contribution >= 0.6 is 0 Å². The summed E-state index contributed by atoms with van der Waals surface area (Å²) in [7, 11) is 4.97. The highest BCUT2D eigenvalue weighted by molar-refractivity contribution is 5.79. The molecule has 3 aromatic rings. The van der Waals surface area contributed by atoms with Crippen LogP contribution in [-0.2, 0) is 24.1 Å². The zero-order valence-electron chi connectivity index (χ0n) is 24.2. The fraction of sp³-hybridized carbons (Fsp3) is 0.424. The Hall–Kier alpha value is -3.71. The number of hydrogen-bond donors (Lipinski definition) is 1. The van der Waals surface area contributed by atoms with Crippen LogP contribution in [0.25, 0.3) is 0 Å². The van der Waals surface area contributed by atoms with Gasteiger partial charge in [0, 0.05) is 12.6 Å². The molecule has 7 heteroatoms. The van der Waals surface area contributed by atoms with Crippen molar-refractivity contribution in [2.75, 3.05) is 34.4 Å². The molecule has 1 aliphatic carbocycles. The monoisotopic (exact) mass is 544 g/mol. The molecule has 7 nitrogen and oxygen atoms in total. The Kier molecular flexibility index (Phi) is 8.50. The number of rotatable bonds is 10. The van der Waals surface area contributed by atoms with E-state index in [1.807, 2.05) is 26.0 Å². The van der Waals surface area contributed by atoms with Crippen molar-refractivity contribution in [2.45, 2.75) is 57.7 Å². The topological polar surface area (TPSA) is 69.3 Å². The van der Waals surface area contributed by atoms with E-state index in [1.165, 1.54) is 16.7 Å². The lowest BCUT2D eigenvalue weighted by atomic mass is 9.88. The molecule has 0 aromatic heterocycles. The van der Waals surface area contributed by atoms with Crippen molar-refractivity contribution in [3.63, 3.8) is 0 Å². The minimum Gasteiger partial charge on any atom is -0.493 e. The van der Waals surface area contributed by atoms with Gasteiger partial charge < -0.3 is 24.3 Å². The Bertz CT molecular complexity index is 1350. The normalized spacial score (nSPS) is 18.1. The quantitative estimate of drug-likeness (QED) is 0.366. The molecule has 0 radical (unpaired) electrons. The fourth-order valence-corrected chi connectivity index (χ4v) is 6.06. The molecule has 0 bridgehead atoms. The number of ether oxygens (including phenoxy) is 4. The maximum atomic E-state index is 13.4. The molecule has 0 fully saturated rings. The molecule has 0 saturated heterocycles. The number of fused-ring (bicyclic) bond motifs is 2. The summed E-state index contributed by atoms with van der Waals surface area (Å²) in [5.74, 6) is 2.90. The molecule has 1 amide bonds. The molecule has 2 atom stereocenters. The number of amides is 1. The molecule has 1 heterocycles. The van der Waals surface area contributed by atoms with Gasteiger partial charge in [-0.1, -0.05) is 30.3 Å². The third-order valence-corrected chi connectivity index (χ3v) is 7.95. The smallest absolute Gasteiger partial charge is 0.234 e. The maximum Gasteiger partial charge on any atom is 0.234 e. The van der Waals surface area contributed by atoms with Gasteiger partial charge in [-0.3, -0.25) is 9.69 Å². The van der Waals surface area contributed by atoms with Crippen LogP contribution in [0.5, 0.6) is 23.0 Å². The molecule has 1 N–H and O–H groups in total. The molecular weight excluding hydrogens is 504 g/mol. The maximum absolute atomic E-state index is 13.4. The van der Waals surface area contributed by atoms with E-state index in [4.69, 9.17) is 18.9 Å². The van der Waals surface area contributed by atoms with E-state index >= 15 is 0 Å². The molecule has 5 rings (SSSR count). The molecule has 0 spiro atoms. The third kappa shape index (κ3) is 5.89. The summed E-state index contributed by atoms with van der Waals surface area (Å²) in [5, 5.41) is 3.32. The first-order valence-corrected chi connectivity index (χ1v) is 14.1. The van der Waals surface area contributed by atoms with Gasteiger partial charge in [0.1, 0.15) is 0 Å². The second-order valence-corrected chi connectivity index (χ2v) is 10.9. The number of benzene rings is 3. The van der Waals surface area contributed by atoms with Gasteiger partial charge in [-0.25, -0.2) is 0 Å². The number of aryl methyl sites for hydroxylation is 1. The Labute approximate surface area is 237 Å². The van der Waals surface area contributed by atoms with Crippen LogP contribution in [0.15, 0.2) is 54.6 Å². The average molecular weight is 545 g/mol. The molecule has 0 saturated carbocycles. The number of nitrogens with zero attached hydrogens (tertiary/aromatic N) is 1. The second kappa shape index (κ2) is 12.2. The van der Waals surface area contributed by atoms with E-state index in [2.05, 4.69) is 52.7 Å². The summed E-state index contributed by atoms with van der Waals surface area (Å²) >= 11 is 0. The molecule has 1 aliphatic heterocycles. The van der Waals surface area contributed by atoms with Gasteiger partial charge in [0.2, 0.25) is 5.91 Å². The first-order valence-electron chi connectivity index (χ1n) is 14.1. The van der Waals surface area contributed by atoms with Crippen molar-refractivity contribution in [1.29, 1.82) is 0 Å².